The number of amides is 3. The number of carbonyl (C=O) groups excluding carboxylic acids is 3. The standard InChI is InChI=1S/C29H22BrN3O5S2/c1-15-2-8-18(9-3-15)31-21(35)14-32-28-25(40-29(32)38)22(16-4-12-20(34)13-5-16)23-24(39-28)27(37)33(26(23)36)19-10-6-17(30)7-11-19/h2-13,22-24,34H,14H2,1H3,(H,31,35). The van der Waals surface area contributed by atoms with E-state index in [-0.39, 0.29) is 34.9 Å². The fourth-order valence-electron chi connectivity index (χ4n) is 5.12. The molecule has 1 aromatic heterocycles. The number of hydrogen-bond donors (Lipinski definition) is 2. The molecule has 8 nitrogen and oxygen atoms in total. The molecule has 0 aliphatic carbocycles. The molecule has 0 spiro atoms. The number of thiazole rings is 1. The minimum atomic E-state index is -0.789. The molecule has 3 unspecified atom stereocenters. The van der Waals surface area contributed by atoms with Gasteiger partial charge >= 0.3 is 4.87 Å². The summed E-state index contributed by atoms with van der Waals surface area (Å²) >= 11 is 5.53. The van der Waals surface area contributed by atoms with Crippen LogP contribution in [-0.4, -0.2) is 32.6 Å². The number of anilines is 2. The quantitative estimate of drug-likeness (QED) is 0.295. The average molecular weight is 637 g/mol. The first-order valence-corrected chi connectivity index (χ1v) is 14.9. The van der Waals surface area contributed by atoms with Gasteiger partial charge < -0.3 is 10.4 Å². The summed E-state index contributed by atoms with van der Waals surface area (Å²) < 4.78 is 2.21. The Morgan fingerprint density at radius 1 is 0.950 bits per heavy atom. The van der Waals surface area contributed by atoms with Crippen LogP contribution in [0.5, 0.6) is 5.75 Å². The van der Waals surface area contributed by atoms with Crippen molar-refractivity contribution in [2.24, 2.45) is 5.92 Å². The van der Waals surface area contributed by atoms with E-state index < -0.39 is 17.1 Å². The van der Waals surface area contributed by atoms with E-state index in [4.69, 9.17) is 0 Å². The lowest BCUT2D eigenvalue weighted by Crippen LogP contribution is -2.33. The number of nitrogens with one attached hydrogen (secondary N) is 1. The molecule has 0 saturated carbocycles. The first kappa shape index (κ1) is 26.5. The molecule has 3 atom stereocenters. The molecular weight excluding hydrogens is 614 g/mol. The van der Waals surface area contributed by atoms with Crippen LogP contribution < -0.4 is 15.1 Å². The first-order chi connectivity index (χ1) is 19.2. The summed E-state index contributed by atoms with van der Waals surface area (Å²) in [6.45, 7) is 1.72. The van der Waals surface area contributed by atoms with Crippen molar-refractivity contribution in [1.29, 1.82) is 0 Å². The summed E-state index contributed by atoms with van der Waals surface area (Å²) in [5, 5.41) is 12.4. The monoisotopic (exact) mass is 635 g/mol. The molecule has 3 heterocycles. The lowest BCUT2D eigenvalue weighted by Gasteiger charge is -2.30. The lowest BCUT2D eigenvalue weighted by atomic mass is 9.83. The van der Waals surface area contributed by atoms with Gasteiger partial charge in [-0.05, 0) is 61.0 Å². The van der Waals surface area contributed by atoms with Gasteiger partial charge in [-0.15, -0.1) is 0 Å². The van der Waals surface area contributed by atoms with Crippen LogP contribution in [-0.2, 0) is 20.9 Å². The van der Waals surface area contributed by atoms with Gasteiger partial charge in [-0.1, -0.05) is 68.9 Å². The summed E-state index contributed by atoms with van der Waals surface area (Å²) in [5.74, 6) is -2.39. The molecule has 202 valence electrons. The van der Waals surface area contributed by atoms with E-state index in [1.165, 1.54) is 21.6 Å². The molecule has 2 aliphatic rings. The van der Waals surface area contributed by atoms with E-state index in [9.17, 15) is 24.3 Å². The number of imide groups is 1. The number of phenols is 1. The zero-order valence-corrected chi connectivity index (χ0v) is 24.3. The number of fused-ring (bicyclic) bond motifs is 2. The van der Waals surface area contributed by atoms with Crippen LogP contribution in [0.15, 0.2) is 87.1 Å². The Morgan fingerprint density at radius 2 is 1.62 bits per heavy atom. The molecule has 3 aromatic carbocycles. The van der Waals surface area contributed by atoms with Gasteiger partial charge in [0.2, 0.25) is 17.7 Å². The van der Waals surface area contributed by atoms with Gasteiger partial charge in [0.05, 0.1) is 16.6 Å². The van der Waals surface area contributed by atoms with Gasteiger partial charge in [-0.3, -0.25) is 23.7 Å². The third-order valence-corrected chi connectivity index (χ3v) is 10.2. The van der Waals surface area contributed by atoms with Crippen LogP contribution in [0.2, 0.25) is 0 Å². The molecule has 6 rings (SSSR count). The van der Waals surface area contributed by atoms with Gasteiger partial charge in [-0.2, -0.15) is 0 Å². The highest BCUT2D eigenvalue weighted by Crippen LogP contribution is 2.54. The van der Waals surface area contributed by atoms with E-state index in [1.54, 1.807) is 48.5 Å². The second kappa shape index (κ2) is 10.4. The normalized spacial score (nSPS) is 19.9. The van der Waals surface area contributed by atoms with E-state index >= 15 is 0 Å². The molecule has 2 aliphatic heterocycles. The Bertz CT molecular complexity index is 1700. The van der Waals surface area contributed by atoms with Crippen molar-refractivity contribution in [1.82, 2.24) is 4.57 Å². The zero-order valence-electron chi connectivity index (χ0n) is 21.0. The van der Waals surface area contributed by atoms with Gasteiger partial charge in [0.25, 0.3) is 0 Å². The molecule has 1 saturated heterocycles. The van der Waals surface area contributed by atoms with Crippen LogP contribution in [0.1, 0.15) is 21.9 Å². The number of aryl methyl sites for hydroxylation is 1. The Hall–Kier alpha value is -3.67. The number of phenolic OH excluding ortho intramolecular Hbond substituents is 1. The van der Waals surface area contributed by atoms with E-state index in [0.717, 1.165) is 33.1 Å². The summed E-state index contributed by atoms with van der Waals surface area (Å²) in [6, 6.07) is 20.7. The predicted molar refractivity (Wildman–Crippen MR) is 158 cm³/mol. The Kier molecular flexibility index (Phi) is 6.89. The number of aromatic hydroxyl groups is 1. The zero-order chi connectivity index (χ0) is 28.1. The van der Waals surface area contributed by atoms with Crippen LogP contribution in [0, 0.1) is 12.8 Å². The van der Waals surface area contributed by atoms with Gasteiger partial charge in [0, 0.05) is 21.0 Å². The van der Waals surface area contributed by atoms with Crippen molar-refractivity contribution in [3.05, 3.63) is 103 Å². The van der Waals surface area contributed by atoms with E-state index in [2.05, 4.69) is 21.2 Å². The maximum absolute atomic E-state index is 13.9. The van der Waals surface area contributed by atoms with Crippen LogP contribution >= 0.6 is 39.0 Å². The molecule has 0 radical (unpaired) electrons. The van der Waals surface area contributed by atoms with Crippen molar-refractivity contribution in [2.75, 3.05) is 10.2 Å². The fraction of sp³-hybridized carbons (Fsp3) is 0.172. The minimum Gasteiger partial charge on any atom is -0.508 e. The molecule has 11 heteroatoms. The number of benzene rings is 3. The fourth-order valence-corrected chi connectivity index (χ4v) is 8.16. The van der Waals surface area contributed by atoms with Crippen LogP contribution in [0.3, 0.4) is 0 Å². The number of thioether (sulfide) groups is 1. The smallest absolute Gasteiger partial charge is 0.308 e. The van der Waals surface area contributed by atoms with Crippen LogP contribution in [0.25, 0.3) is 0 Å². The summed E-state index contributed by atoms with van der Waals surface area (Å²) in [6.07, 6.45) is 0. The van der Waals surface area contributed by atoms with Crippen LogP contribution in [0.4, 0.5) is 11.4 Å². The molecule has 2 N–H and O–H groups in total. The predicted octanol–water partition coefficient (Wildman–Crippen LogP) is 5.12. The topological polar surface area (TPSA) is 109 Å². The largest absolute Gasteiger partial charge is 0.508 e. The Balaban J connectivity index is 1.40. The number of rotatable bonds is 5. The van der Waals surface area contributed by atoms with Crippen molar-refractivity contribution < 1.29 is 19.5 Å². The second-order valence-corrected chi connectivity index (χ2v) is 12.7. The van der Waals surface area contributed by atoms with E-state index in [0.29, 0.717) is 26.8 Å². The molecule has 1 fully saturated rings. The van der Waals surface area contributed by atoms with Gasteiger partial charge in [0.15, 0.2) is 0 Å². The third-order valence-electron chi connectivity index (χ3n) is 7.02. The SMILES string of the molecule is Cc1ccc(NC(=O)Cn2c3c(sc2=O)C(c2ccc(O)cc2)C2C(=O)N(c4ccc(Br)cc4)C(=O)C2S3)cc1. The Morgan fingerprint density at radius 3 is 2.30 bits per heavy atom. The number of aromatic nitrogens is 1. The molecule has 40 heavy (non-hydrogen) atoms. The second-order valence-electron chi connectivity index (χ2n) is 9.66. The van der Waals surface area contributed by atoms with Gasteiger partial charge in [-0.25, -0.2) is 4.90 Å². The van der Waals surface area contributed by atoms with Crippen molar-refractivity contribution in [3.8, 4) is 5.75 Å². The number of carbonyl (C=O) groups is 3. The first-order valence-electron chi connectivity index (χ1n) is 12.4. The van der Waals surface area contributed by atoms with Crippen molar-refractivity contribution >= 4 is 68.1 Å². The van der Waals surface area contributed by atoms with Gasteiger partial charge in [0.1, 0.15) is 17.5 Å². The summed E-state index contributed by atoms with van der Waals surface area (Å²) in [4.78, 5) is 55.3. The van der Waals surface area contributed by atoms with E-state index in [1.807, 2.05) is 19.1 Å². The highest BCUT2D eigenvalue weighted by atomic mass is 79.9. The highest BCUT2D eigenvalue weighted by molar-refractivity contribution is 9.10. The molecular formula is C29H22BrN3O5S2. The minimum absolute atomic E-state index is 0.0644. The molecule has 3 amide bonds. The average Bonchev–Trinajstić information content (AvgIpc) is 3.37. The number of nitrogens with zero attached hydrogens (tertiary/aromatic N) is 2. The maximum Gasteiger partial charge on any atom is 0.308 e. The maximum atomic E-state index is 13.9. The number of halogens is 1. The lowest BCUT2D eigenvalue weighted by molar-refractivity contribution is -0.122. The molecule has 4 aromatic rings. The summed E-state index contributed by atoms with van der Waals surface area (Å²) in [7, 11) is 0. The molecule has 0 bridgehead atoms. The Labute approximate surface area is 245 Å². The highest BCUT2D eigenvalue weighted by Gasteiger charge is 2.56. The van der Waals surface area contributed by atoms with Crippen molar-refractivity contribution in [3.63, 3.8) is 0 Å². The third kappa shape index (κ3) is 4.67. The number of hydrogen-bond acceptors (Lipinski definition) is 7. The summed E-state index contributed by atoms with van der Waals surface area (Å²) in [5.41, 5.74) is 2.84. The van der Waals surface area contributed by atoms with Crippen molar-refractivity contribution in [2.45, 2.75) is 29.7 Å².